The Balaban J connectivity index is 2.06. The highest BCUT2D eigenvalue weighted by Crippen LogP contribution is 2.32. The van der Waals surface area contributed by atoms with Crippen LogP contribution in [-0.2, 0) is 6.18 Å². The Morgan fingerprint density at radius 1 is 1.11 bits per heavy atom. The van der Waals surface area contributed by atoms with Crippen LogP contribution in [0.4, 0.5) is 13.2 Å². The predicted octanol–water partition coefficient (Wildman–Crippen LogP) is 3.84. The summed E-state index contributed by atoms with van der Waals surface area (Å²) in [6.07, 6.45) is -4.46. The fourth-order valence-corrected chi connectivity index (χ4v) is 1.71. The van der Waals surface area contributed by atoms with Crippen LogP contribution in [0.3, 0.4) is 0 Å². The first-order valence-electron chi connectivity index (χ1n) is 5.15. The van der Waals surface area contributed by atoms with E-state index in [0.29, 0.717) is 11.3 Å². The lowest BCUT2D eigenvalue weighted by Crippen LogP contribution is -2.04. The number of hydrogen-bond donors (Lipinski definition) is 1. The van der Waals surface area contributed by atoms with Crippen molar-refractivity contribution in [1.82, 2.24) is 10.2 Å². The average molecular weight is 252 g/mol. The summed E-state index contributed by atoms with van der Waals surface area (Å²) in [4.78, 5) is 0. The van der Waals surface area contributed by atoms with Crippen LogP contribution >= 0.6 is 0 Å². The van der Waals surface area contributed by atoms with Gasteiger partial charge in [-0.25, -0.2) is 0 Å². The van der Waals surface area contributed by atoms with Crippen LogP contribution in [-0.4, -0.2) is 10.2 Å². The van der Waals surface area contributed by atoms with Crippen molar-refractivity contribution in [2.45, 2.75) is 6.18 Å². The highest BCUT2D eigenvalue weighted by molar-refractivity contribution is 5.82. The van der Waals surface area contributed by atoms with Gasteiger partial charge < -0.3 is 4.42 Å². The predicted molar refractivity (Wildman–Crippen MR) is 58.8 cm³/mol. The molecule has 0 saturated carbocycles. The molecule has 2 heterocycles. The molecule has 0 amide bonds. The SMILES string of the molecule is FC(F)(F)c1cc(-c2cc3ccccc3o2)[nH]n1. The number of nitrogens with one attached hydrogen (secondary N) is 1. The Morgan fingerprint density at radius 2 is 1.89 bits per heavy atom. The van der Waals surface area contributed by atoms with Gasteiger partial charge in [-0.1, -0.05) is 18.2 Å². The summed E-state index contributed by atoms with van der Waals surface area (Å²) in [7, 11) is 0. The third-order valence-electron chi connectivity index (χ3n) is 2.56. The molecule has 0 saturated heterocycles. The standard InChI is InChI=1S/C12H7F3N2O/c13-12(14,15)11-6-8(16-17-11)10-5-7-3-1-2-4-9(7)18-10/h1-6H,(H,16,17). The van der Waals surface area contributed by atoms with Crippen LogP contribution in [0.15, 0.2) is 40.8 Å². The zero-order chi connectivity index (χ0) is 12.8. The maximum absolute atomic E-state index is 12.4. The van der Waals surface area contributed by atoms with Gasteiger partial charge in [0.2, 0.25) is 0 Å². The number of aromatic amines is 1. The third kappa shape index (κ3) is 1.75. The number of para-hydroxylation sites is 1. The molecular weight excluding hydrogens is 245 g/mol. The van der Waals surface area contributed by atoms with Gasteiger partial charge in [0.05, 0.1) is 0 Å². The quantitative estimate of drug-likeness (QED) is 0.714. The van der Waals surface area contributed by atoms with Gasteiger partial charge in [0.1, 0.15) is 11.3 Å². The van der Waals surface area contributed by atoms with Gasteiger partial charge in [-0.3, -0.25) is 5.10 Å². The first-order valence-corrected chi connectivity index (χ1v) is 5.15. The van der Waals surface area contributed by atoms with Crippen molar-refractivity contribution >= 4 is 11.0 Å². The van der Waals surface area contributed by atoms with Gasteiger partial charge in [0.25, 0.3) is 0 Å². The maximum Gasteiger partial charge on any atom is 0.435 e. The summed E-state index contributed by atoms with van der Waals surface area (Å²) < 4.78 is 42.7. The van der Waals surface area contributed by atoms with E-state index < -0.39 is 11.9 Å². The minimum atomic E-state index is -4.46. The van der Waals surface area contributed by atoms with Crippen molar-refractivity contribution in [3.05, 3.63) is 42.1 Å². The zero-order valence-corrected chi connectivity index (χ0v) is 8.95. The second-order valence-corrected chi connectivity index (χ2v) is 3.81. The normalized spacial score (nSPS) is 12.2. The van der Waals surface area contributed by atoms with E-state index in [2.05, 4.69) is 10.2 Å². The van der Waals surface area contributed by atoms with Crippen molar-refractivity contribution in [2.75, 3.05) is 0 Å². The summed E-state index contributed by atoms with van der Waals surface area (Å²) in [5, 5.41) is 6.38. The van der Waals surface area contributed by atoms with Gasteiger partial charge in [-0.15, -0.1) is 0 Å². The number of aromatic nitrogens is 2. The molecule has 0 bridgehead atoms. The average Bonchev–Trinajstić information content (AvgIpc) is 2.94. The van der Waals surface area contributed by atoms with Crippen LogP contribution in [0.1, 0.15) is 5.69 Å². The van der Waals surface area contributed by atoms with Gasteiger partial charge in [-0.05, 0) is 18.2 Å². The molecule has 18 heavy (non-hydrogen) atoms. The molecule has 3 nitrogen and oxygen atoms in total. The molecule has 1 N–H and O–H groups in total. The zero-order valence-electron chi connectivity index (χ0n) is 8.95. The Labute approximate surface area is 99.2 Å². The van der Waals surface area contributed by atoms with Gasteiger partial charge in [0, 0.05) is 5.39 Å². The van der Waals surface area contributed by atoms with E-state index in [9.17, 15) is 13.2 Å². The number of benzene rings is 1. The number of hydrogen-bond acceptors (Lipinski definition) is 2. The van der Waals surface area contributed by atoms with Gasteiger partial charge >= 0.3 is 6.18 Å². The maximum atomic E-state index is 12.4. The highest BCUT2D eigenvalue weighted by Gasteiger charge is 2.34. The summed E-state index contributed by atoms with van der Waals surface area (Å²) in [6.45, 7) is 0. The fourth-order valence-electron chi connectivity index (χ4n) is 1.71. The Bertz CT molecular complexity index is 663. The largest absolute Gasteiger partial charge is 0.454 e. The number of nitrogens with zero attached hydrogens (tertiary/aromatic N) is 1. The molecule has 3 rings (SSSR count). The minimum absolute atomic E-state index is 0.207. The van der Waals surface area contributed by atoms with Crippen LogP contribution in [0.5, 0.6) is 0 Å². The van der Waals surface area contributed by atoms with Crippen molar-refractivity contribution < 1.29 is 17.6 Å². The summed E-state index contributed by atoms with van der Waals surface area (Å²) in [5.41, 5.74) is -0.132. The summed E-state index contributed by atoms with van der Waals surface area (Å²) in [6, 6.07) is 9.80. The monoisotopic (exact) mass is 252 g/mol. The second-order valence-electron chi connectivity index (χ2n) is 3.81. The van der Waals surface area contributed by atoms with E-state index in [1.807, 2.05) is 12.1 Å². The fraction of sp³-hybridized carbons (Fsp3) is 0.0833. The molecule has 0 fully saturated rings. The molecular formula is C12H7F3N2O. The third-order valence-corrected chi connectivity index (χ3v) is 2.56. The first-order chi connectivity index (χ1) is 8.54. The Kier molecular flexibility index (Phi) is 2.19. The van der Waals surface area contributed by atoms with Gasteiger partial charge in [-0.2, -0.15) is 18.3 Å². The smallest absolute Gasteiger partial charge is 0.435 e. The van der Waals surface area contributed by atoms with Crippen molar-refractivity contribution in [2.24, 2.45) is 0 Å². The van der Waals surface area contributed by atoms with Crippen molar-refractivity contribution in [1.29, 1.82) is 0 Å². The minimum Gasteiger partial charge on any atom is -0.454 e. The molecule has 0 aliphatic rings. The number of H-pyrrole nitrogens is 1. The number of rotatable bonds is 1. The van der Waals surface area contributed by atoms with Crippen LogP contribution in [0, 0.1) is 0 Å². The number of halogens is 3. The Morgan fingerprint density at radius 3 is 2.56 bits per heavy atom. The lowest BCUT2D eigenvalue weighted by molar-refractivity contribution is -0.141. The second kappa shape index (κ2) is 3.63. The first kappa shape index (κ1) is 10.9. The lowest BCUT2D eigenvalue weighted by Gasteiger charge is -1.98. The molecule has 0 aliphatic heterocycles. The van der Waals surface area contributed by atoms with Crippen molar-refractivity contribution in [3.63, 3.8) is 0 Å². The highest BCUT2D eigenvalue weighted by atomic mass is 19.4. The van der Waals surface area contributed by atoms with E-state index in [0.717, 1.165) is 11.5 Å². The van der Waals surface area contributed by atoms with E-state index in [-0.39, 0.29) is 5.69 Å². The molecule has 2 aromatic heterocycles. The number of fused-ring (bicyclic) bond motifs is 1. The van der Waals surface area contributed by atoms with Crippen LogP contribution in [0.25, 0.3) is 22.4 Å². The van der Waals surface area contributed by atoms with Crippen molar-refractivity contribution in [3.8, 4) is 11.5 Å². The molecule has 92 valence electrons. The summed E-state index contributed by atoms with van der Waals surface area (Å²) >= 11 is 0. The molecule has 0 radical (unpaired) electrons. The lowest BCUT2D eigenvalue weighted by atomic mass is 10.2. The molecule has 3 aromatic rings. The van der Waals surface area contributed by atoms with Gasteiger partial charge in [0.15, 0.2) is 11.5 Å². The van der Waals surface area contributed by atoms with Crippen LogP contribution in [0.2, 0.25) is 0 Å². The van der Waals surface area contributed by atoms with E-state index in [1.165, 1.54) is 0 Å². The molecule has 0 atom stereocenters. The van der Waals surface area contributed by atoms with E-state index in [1.54, 1.807) is 18.2 Å². The number of alkyl halides is 3. The molecule has 1 aromatic carbocycles. The molecule has 0 spiro atoms. The molecule has 0 aliphatic carbocycles. The van der Waals surface area contributed by atoms with E-state index in [4.69, 9.17) is 4.42 Å². The van der Waals surface area contributed by atoms with Crippen LogP contribution < -0.4 is 0 Å². The molecule has 6 heteroatoms. The molecule has 0 unspecified atom stereocenters. The van der Waals surface area contributed by atoms with E-state index >= 15 is 0 Å². The topological polar surface area (TPSA) is 41.8 Å². The number of furan rings is 1. The summed E-state index contributed by atoms with van der Waals surface area (Å²) in [5.74, 6) is 0.333. The Hall–Kier alpha value is -2.24.